The number of ether oxygens (including phenoxy) is 1. The van der Waals surface area contributed by atoms with Crippen LogP contribution in [0.15, 0.2) is 53.2 Å². The lowest BCUT2D eigenvalue weighted by Gasteiger charge is -2.23. The molecule has 1 aliphatic heterocycles. The number of fused-ring (bicyclic) bond motifs is 1. The van der Waals surface area contributed by atoms with E-state index in [-0.39, 0.29) is 11.9 Å². The average molecular weight is 319 g/mol. The molecule has 0 aliphatic carbocycles. The smallest absolute Gasteiger partial charge is 0.318 e. The first-order valence-corrected chi connectivity index (χ1v) is 7.11. The van der Waals surface area contributed by atoms with Crippen LogP contribution in [-0.2, 0) is 9.53 Å². The SMILES string of the molecule is [3H]c1ccc(C2CC/C(=C/Br)OC2=O)c2ccccc12. The van der Waals surface area contributed by atoms with Crippen molar-refractivity contribution in [1.29, 1.82) is 0 Å². The Kier molecular flexibility index (Phi) is 3.06. The third kappa shape index (κ3) is 2.30. The number of esters is 1. The molecule has 2 aromatic rings. The van der Waals surface area contributed by atoms with Gasteiger partial charge in [0.05, 0.1) is 7.29 Å². The first-order chi connectivity index (χ1) is 9.70. The average Bonchev–Trinajstić information content (AvgIpc) is 2.48. The molecule has 1 saturated heterocycles. The molecule has 3 rings (SSSR count). The van der Waals surface area contributed by atoms with Gasteiger partial charge >= 0.3 is 5.97 Å². The van der Waals surface area contributed by atoms with Gasteiger partial charge in [0.2, 0.25) is 0 Å². The Hall–Kier alpha value is -1.61. The number of hydrogen-bond acceptors (Lipinski definition) is 2. The zero-order chi connectivity index (χ0) is 14.1. The van der Waals surface area contributed by atoms with Crippen LogP contribution in [0.4, 0.5) is 0 Å². The van der Waals surface area contributed by atoms with E-state index in [4.69, 9.17) is 6.11 Å². The van der Waals surface area contributed by atoms with Crippen molar-refractivity contribution in [1.82, 2.24) is 0 Å². The van der Waals surface area contributed by atoms with E-state index in [1.807, 2.05) is 30.3 Å². The third-order valence-electron chi connectivity index (χ3n) is 3.43. The minimum Gasteiger partial charge on any atom is -0.430 e. The first-order valence-electron chi connectivity index (χ1n) is 6.70. The van der Waals surface area contributed by atoms with Crippen LogP contribution in [0.3, 0.4) is 0 Å². The highest BCUT2D eigenvalue weighted by Gasteiger charge is 2.29. The minimum atomic E-state index is -0.253. The predicted molar refractivity (Wildman–Crippen MR) is 79.0 cm³/mol. The van der Waals surface area contributed by atoms with Gasteiger partial charge in [0.15, 0.2) is 0 Å². The van der Waals surface area contributed by atoms with E-state index in [1.54, 1.807) is 11.1 Å². The molecule has 0 saturated carbocycles. The highest BCUT2D eigenvalue weighted by atomic mass is 79.9. The zero-order valence-corrected chi connectivity index (χ0v) is 11.8. The van der Waals surface area contributed by atoms with E-state index in [9.17, 15) is 4.79 Å². The van der Waals surface area contributed by atoms with Crippen LogP contribution in [0.2, 0.25) is 0 Å². The van der Waals surface area contributed by atoms with Crippen molar-refractivity contribution in [3.63, 3.8) is 0 Å². The van der Waals surface area contributed by atoms with E-state index in [1.165, 1.54) is 0 Å². The molecule has 3 heteroatoms. The number of carbonyl (C=O) groups excluding carboxylic acids is 1. The maximum absolute atomic E-state index is 12.2. The lowest BCUT2D eigenvalue weighted by molar-refractivity contribution is -0.143. The van der Waals surface area contributed by atoms with Crippen molar-refractivity contribution in [2.24, 2.45) is 0 Å². The number of allylic oxidation sites excluding steroid dienone is 1. The van der Waals surface area contributed by atoms with Crippen molar-refractivity contribution in [2.45, 2.75) is 18.8 Å². The molecule has 1 aliphatic rings. The van der Waals surface area contributed by atoms with Crippen molar-refractivity contribution >= 4 is 32.7 Å². The van der Waals surface area contributed by atoms with Crippen LogP contribution in [0.1, 0.15) is 25.7 Å². The van der Waals surface area contributed by atoms with Crippen LogP contribution in [-0.4, -0.2) is 5.97 Å². The summed E-state index contributed by atoms with van der Waals surface area (Å²) in [4.78, 5) is 13.8. The second-order valence-electron chi connectivity index (χ2n) is 4.57. The fraction of sp³-hybridized carbons (Fsp3) is 0.188. The second kappa shape index (κ2) is 5.17. The van der Waals surface area contributed by atoms with Crippen LogP contribution < -0.4 is 0 Å². The molecule has 1 heterocycles. The van der Waals surface area contributed by atoms with Crippen LogP contribution in [0.25, 0.3) is 10.8 Å². The molecule has 1 atom stereocenters. The van der Waals surface area contributed by atoms with Crippen molar-refractivity contribution in [3.8, 4) is 0 Å². The fourth-order valence-electron chi connectivity index (χ4n) is 2.49. The largest absolute Gasteiger partial charge is 0.430 e. The number of cyclic esters (lactones) is 1. The van der Waals surface area contributed by atoms with Gasteiger partial charge in [-0.05, 0) is 22.8 Å². The molecular weight excluding hydrogens is 304 g/mol. The van der Waals surface area contributed by atoms with E-state index in [0.717, 1.165) is 29.2 Å². The molecule has 0 spiro atoms. The number of hydrogen-bond donors (Lipinski definition) is 0. The Labute approximate surface area is 121 Å². The summed E-state index contributed by atoms with van der Waals surface area (Å²) in [6, 6.07) is 11.8. The molecule has 0 amide bonds. The predicted octanol–water partition coefficient (Wildman–Crippen LogP) is 4.50. The summed E-state index contributed by atoms with van der Waals surface area (Å²) in [5.74, 6) is 0.203. The summed E-state index contributed by atoms with van der Waals surface area (Å²) >= 11 is 3.20. The summed E-state index contributed by atoms with van der Waals surface area (Å²) in [5.41, 5.74) is 0.954. The summed E-state index contributed by atoms with van der Waals surface area (Å²) < 4.78 is 13.3. The van der Waals surface area contributed by atoms with Crippen LogP contribution in [0, 0.1) is 0 Å². The summed E-state index contributed by atoms with van der Waals surface area (Å²) in [5, 5.41) is 1.84. The zero-order valence-electron chi connectivity index (χ0n) is 11.2. The third-order valence-corrected chi connectivity index (χ3v) is 3.94. The fourth-order valence-corrected chi connectivity index (χ4v) is 2.81. The summed E-state index contributed by atoms with van der Waals surface area (Å²) in [7, 11) is 0. The molecule has 96 valence electrons. The maximum Gasteiger partial charge on any atom is 0.318 e. The van der Waals surface area contributed by atoms with Crippen molar-refractivity contribution < 1.29 is 10.9 Å². The van der Waals surface area contributed by atoms with Crippen LogP contribution >= 0.6 is 15.9 Å². The lowest BCUT2D eigenvalue weighted by Crippen LogP contribution is -2.21. The molecule has 0 aromatic heterocycles. The summed E-state index contributed by atoms with van der Waals surface area (Å²) in [6.45, 7) is 0. The van der Waals surface area contributed by atoms with Gasteiger partial charge in [-0.2, -0.15) is 0 Å². The second-order valence-corrected chi connectivity index (χ2v) is 5.02. The van der Waals surface area contributed by atoms with Gasteiger partial charge in [-0.25, -0.2) is 0 Å². The molecule has 1 fully saturated rings. The first kappa shape index (κ1) is 11.2. The van der Waals surface area contributed by atoms with Gasteiger partial charge in [0, 0.05) is 11.4 Å². The highest BCUT2D eigenvalue weighted by molar-refractivity contribution is 9.11. The Morgan fingerprint density at radius 3 is 2.95 bits per heavy atom. The van der Waals surface area contributed by atoms with E-state index >= 15 is 0 Å². The van der Waals surface area contributed by atoms with Gasteiger partial charge in [-0.3, -0.25) is 4.79 Å². The molecule has 0 bridgehead atoms. The number of halogens is 1. The highest BCUT2D eigenvalue weighted by Crippen LogP contribution is 2.35. The molecule has 0 radical (unpaired) electrons. The molecule has 19 heavy (non-hydrogen) atoms. The van der Waals surface area contributed by atoms with Gasteiger partial charge in [-0.1, -0.05) is 58.4 Å². The Bertz CT molecular complexity index is 709. The van der Waals surface area contributed by atoms with Gasteiger partial charge in [0.1, 0.15) is 5.76 Å². The number of rotatable bonds is 1. The Balaban J connectivity index is 2.07. The quantitative estimate of drug-likeness (QED) is 0.724. The molecular formula is C16H13BrO2. The topological polar surface area (TPSA) is 26.3 Å². The monoisotopic (exact) mass is 318 g/mol. The Morgan fingerprint density at radius 2 is 2.16 bits per heavy atom. The van der Waals surface area contributed by atoms with E-state index in [2.05, 4.69) is 15.9 Å². The number of carbonyl (C=O) groups is 1. The molecule has 0 N–H and O–H groups in total. The number of benzene rings is 2. The molecule has 2 nitrogen and oxygen atoms in total. The lowest BCUT2D eigenvalue weighted by atomic mass is 9.88. The Morgan fingerprint density at radius 1 is 1.32 bits per heavy atom. The van der Waals surface area contributed by atoms with E-state index in [0.29, 0.717) is 11.8 Å². The maximum atomic E-state index is 12.2. The molecule has 2 aromatic carbocycles. The normalized spacial score (nSPS) is 22.4. The van der Waals surface area contributed by atoms with Crippen molar-refractivity contribution in [3.05, 3.63) is 58.7 Å². The summed E-state index contributed by atoms with van der Waals surface area (Å²) in [6.07, 6.45) is 1.47. The standard InChI is InChI=1S/C16H13BrO2/c17-10-12-8-9-15(16(18)19-12)14-7-3-5-11-4-1-2-6-13(11)14/h1-7,10,15H,8-9H2/b12-10-/i5T. The van der Waals surface area contributed by atoms with Crippen LogP contribution in [0.5, 0.6) is 0 Å². The van der Waals surface area contributed by atoms with E-state index < -0.39 is 0 Å². The van der Waals surface area contributed by atoms with Gasteiger partial charge in [0.25, 0.3) is 0 Å². The van der Waals surface area contributed by atoms with Gasteiger partial charge in [-0.15, -0.1) is 0 Å². The minimum absolute atomic E-state index is 0.218. The molecule has 1 unspecified atom stereocenters. The van der Waals surface area contributed by atoms with Crippen molar-refractivity contribution in [2.75, 3.05) is 0 Å². The van der Waals surface area contributed by atoms with Gasteiger partial charge < -0.3 is 4.74 Å².